The molecule has 1 heterocycles. The zero-order chi connectivity index (χ0) is 11.5. The van der Waals surface area contributed by atoms with Crippen LogP contribution in [-0.4, -0.2) is 26.2 Å². The maximum absolute atomic E-state index is 10.4. The number of rotatable bonds is 3. The quantitative estimate of drug-likeness (QED) is 0.674. The molecule has 3 N–H and O–H groups in total. The number of nitrogens with zero attached hydrogens (tertiary/aromatic N) is 1. The lowest BCUT2D eigenvalue weighted by Crippen LogP contribution is -1.89. The van der Waals surface area contributed by atoms with Gasteiger partial charge in [-0.05, 0) is 23.8 Å². The first-order valence-electron chi connectivity index (χ1n) is 4.68. The number of hydrogen-bond acceptors (Lipinski definition) is 3. The minimum absolute atomic E-state index is 0.129. The third-order valence-electron chi connectivity index (χ3n) is 2.21. The molecule has 5 nitrogen and oxygen atoms in total. The van der Waals surface area contributed by atoms with Crippen molar-refractivity contribution in [2.24, 2.45) is 0 Å². The molecule has 0 fully saturated rings. The molecule has 5 heteroatoms. The van der Waals surface area contributed by atoms with Crippen LogP contribution in [0.3, 0.4) is 0 Å². The highest BCUT2D eigenvalue weighted by molar-refractivity contribution is 5.87. The van der Waals surface area contributed by atoms with Crippen molar-refractivity contribution in [2.75, 3.05) is 0 Å². The number of fused-ring (bicyclic) bond motifs is 1. The van der Waals surface area contributed by atoms with Crippen LogP contribution in [0.1, 0.15) is 11.1 Å². The van der Waals surface area contributed by atoms with Crippen LogP contribution < -0.4 is 0 Å². The van der Waals surface area contributed by atoms with E-state index < -0.39 is 5.97 Å². The van der Waals surface area contributed by atoms with Crippen molar-refractivity contribution in [3.05, 3.63) is 35.7 Å². The molecule has 0 radical (unpaired) electrons. The highest BCUT2D eigenvalue weighted by Crippen LogP contribution is 2.18. The van der Waals surface area contributed by atoms with E-state index in [4.69, 9.17) is 10.2 Å². The van der Waals surface area contributed by atoms with Crippen LogP contribution in [-0.2, 0) is 11.4 Å². The van der Waals surface area contributed by atoms with Crippen molar-refractivity contribution in [2.45, 2.75) is 6.61 Å². The van der Waals surface area contributed by atoms with Crippen molar-refractivity contribution < 1.29 is 15.0 Å². The first-order chi connectivity index (χ1) is 7.70. The van der Waals surface area contributed by atoms with Crippen LogP contribution in [0.2, 0.25) is 0 Å². The van der Waals surface area contributed by atoms with E-state index in [9.17, 15) is 4.79 Å². The molecule has 0 bridgehead atoms. The molecule has 0 aliphatic heterocycles. The average molecular weight is 218 g/mol. The summed E-state index contributed by atoms with van der Waals surface area (Å²) in [6, 6.07) is 3.49. The van der Waals surface area contributed by atoms with Crippen molar-refractivity contribution >= 4 is 23.1 Å². The molecule has 0 spiro atoms. The molecular formula is C11H10N2O3. The van der Waals surface area contributed by atoms with E-state index in [0.29, 0.717) is 16.6 Å². The summed E-state index contributed by atoms with van der Waals surface area (Å²) < 4.78 is 0. The van der Waals surface area contributed by atoms with Crippen LogP contribution in [0, 0.1) is 0 Å². The first kappa shape index (κ1) is 10.4. The number of aliphatic carboxylic acids is 1. The number of imidazole rings is 1. The summed E-state index contributed by atoms with van der Waals surface area (Å²) in [5.74, 6) is -1.00. The number of benzene rings is 1. The van der Waals surface area contributed by atoms with Gasteiger partial charge in [0.05, 0.1) is 24.0 Å². The predicted octanol–water partition coefficient (Wildman–Crippen LogP) is 1.15. The maximum Gasteiger partial charge on any atom is 0.328 e. The van der Waals surface area contributed by atoms with Gasteiger partial charge in [0.1, 0.15) is 0 Å². The number of carboxylic acids is 1. The van der Waals surface area contributed by atoms with E-state index in [1.54, 1.807) is 12.1 Å². The van der Waals surface area contributed by atoms with Crippen molar-refractivity contribution in [1.29, 1.82) is 0 Å². The van der Waals surface area contributed by atoms with Crippen LogP contribution in [0.5, 0.6) is 0 Å². The Bertz CT molecular complexity index is 557. The number of aromatic amines is 1. The van der Waals surface area contributed by atoms with E-state index in [1.807, 2.05) is 0 Å². The Kier molecular flexibility index (Phi) is 2.70. The minimum Gasteiger partial charge on any atom is -0.478 e. The summed E-state index contributed by atoms with van der Waals surface area (Å²) in [5.41, 5.74) is 2.86. The lowest BCUT2D eigenvalue weighted by atomic mass is 10.1. The van der Waals surface area contributed by atoms with E-state index in [-0.39, 0.29) is 6.61 Å². The molecule has 0 saturated heterocycles. The maximum atomic E-state index is 10.4. The van der Waals surface area contributed by atoms with Gasteiger partial charge >= 0.3 is 5.97 Å². The van der Waals surface area contributed by atoms with Crippen LogP contribution in [0.15, 0.2) is 24.5 Å². The minimum atomic E-state index is -1.00. The van der Waals surface area contributed by atoms with Gasteiger partial charge in [0.25, 0.3) is 0 Å². The largest absolute Gasteiger partial charge is 0.478 e. The standard InChI is InChI=1S/C11H10N2O3/c14-5-8-3-7(1-2-10(15)16)4-9-11(8)13-6-12-9/h1-4,6,14H,5H2,(H,12,13)(H,15,16)/b2-1+. The number of carboxylic acid groups (broad SMARTS) is 1. The number of aromatic nitrogens is 2. The third-order valence-corrected chi connectivity index (χ3v) is 2.21. The zero-order valence-corrected chi connectivity index (χ0v) is 8.34. The van der Waals surface area contributed by atoms with Gasteiger partial charge in [0, 0.05) is 11.6 Å². The summed E-state index contributed by atoms with van der Waals surface area (Å²) in [6.07, 6.45) is 4.06. The molecule has 0 atom stereocenters. The molecule has 2 aromatic rings. The summed E-state index contributed by atoms with van der Waals surface area (Å²) in [6.45, 7) is -0.129. The Morgan fingerprint density at radius 1 is 1.50 bits per heavy atom. The summed E-state index contributed by atoms with van der Waals surface area (Å²) in [7, 11) is 0. The third kappa shape index (κ3) is 1.94. The Hall–Kier alpha value is -2.14. The highest BCUT2D eigenvalue weighted by atomic mass is 16.4. The van der Waals surface area contributed by atoms with E-state index in [1.165, 1.54) is 12.4 Å². The van der Waals surface area contributed by atoms with E-state index in [0.717, 1.165) is 11.6 Å². The second-order valence-corrected chi connectivity index (χ2v) is 3.31. The summed E-state index contributed by atoms with van der Waals surface area (Å²) in [4.78, 5) is 17.4. The Morgan fingerprint density at radius 2 is 2.31 bits per heavy atom. The number of nitrogens with one attached hydrogen (secondary N) is 1. The van der Waals surface area contributed by atoms with Gasteiger partial charge in [-0.3, -0.25) is 0 Å². The average Bonchev–Trinajstić information content (AvgIpc) is 2.73. The molecule has 1 aromatic carbocycles. The molecule has 82 valence electrons. The predicted molar refractivity (Wildman–Crippen MR) is 58.7 cm³/mol. The van der Waals surface area contributed by atoms with Gasteiger partial charge in [-0.2, -0.15) is 0 Å². The Balaban J connectivity index is 2.51. The van der Waals surface area contributed by atoms with Crippen molar-refractivity contribution in [1.82, 2.24) is 9.97 Å². The van der Waals surface area contributed by atoms with Crippen molar-refractivity contribution in [3.63, 3.8) is 0 Å². The van der Waals surface area contributed by atoms with Gasteiger partial charge in [0.2, 0.25) is 0 Å². The number of carbonyl (C=O) groups is 1. The molecule has 0 amide bonds. The second-order valence-electron chi connectivity index (χ2n) is 3.31. The normalized spacial score (nSPS) is 11.3. The Labute approximate surface area is 91.1 Å². The smallest absolute Gasteiger partial charge is 0.328 e. The van der Waals surface area contributed by atoms with Crippen LogP contribution in [0.25, 0.3) is 17.1 Å². The van der Waals surface area contributed by atoms with Gasteiger partial charge in [0.15, 0.2) is 0 Å². The van der Waals surface area contributed by atoms with Gasteiger partial charge in [-0.25, -0.2) is 9.78 Å². The fourth-order valence-electron chi connectivity index (χ4n) is 1.53. The van der Waals surface area contributed by atoms with Crippen molar-refractivity contribution in [3.8, 4) is 0 Å². The number of aliphatic hydroxyl groups excluding tert-OH is 1. The van der Waals surface area contributed by atoms with E-state index >= 15 is 0 Å². The van der Waals surface area contributed by atoms with Crippen LogP contribution >= 0.6 is 0 Å². The molecule has 0 saturated carbocycles. The molecular weight excluding hydrogens is 208 g/mol. The summed E-state index contributed by atoms with van der Waals surface area (Å²) in [5, 5.41) is 17.7. The first-order valence-corrected chi connectivity index (χ1v) is 4.68. The fourth-order valence-corrected chi connectivity index (χ4v) is 1.53. The molecule has 2 rings (SSSR count). The van der Waals surface area contributed by atoms with E-state index in [2.05, 4.69) is 9.97 Å². The Morgan fingerprint density at radius 3 is 3.00 bits per heavy atom. The second kappa shape index (κ2) is 4.16. The molecule has 1 aromatic heterocycles. The molecule has 16 heavy (non-hydrogen) atoms. The number of hydrogen-bond donors (Lipinski definition) is 3. The van der Waals surface area contributed by atoms with Gasteiger partial charge in [-0.15, -0.1) is 0 Å². The summed E-state index contributed by atoms with van der Waals surface area (Å²) >= 11 is 0. The molecule has 0 unspecified atom stereocenters. The highest BCUT2D eigenvalue weighted by Gasteiger charge is 2.04. The monoisotopic (exact) mass is 218 g/mol. The van der Waals surface area contributed by atoms with Crippen LogP contribution in [0.4, 0.5) is 0 Å². The topological polar surface area (TPSA) is 86.2 Å². The zero-order valence-electron chi connectivity index (χ0n) is 8.34. The number of aliphatic hydroxyl groups is 1. The fraction of sp³-hybridized carbons (Fsp3) is 0.0909. The molecule has 0 aliphatic rings. The lowest BCUT2D eigenvalue weighted by molar-refractivity contribution is -0.131. The lowest BCUT2D eigenvalue weighted by Gasteiger charge is -2.00. The van der Waals surface area contributed by atoms with Gasteiger partial charge < -0.3 is 15.2 Å². The SMILES string of the molecule is O=C(O)/C=C/c1cc(CO)c2nc[nH]c2c1. The number of H-pyrrole nitrogens is 1. The molecule has 0 aliphatic carbocycles. The van der Waals surface area contributed by atoms with Gasteiger partial charge in [-0.1, -0.05) is 0 Å².